The van der Waals surface area contributed by atoms with Gasteiger partial charge in [0.05, 0.1) is 12.6 Å². The zero-order valence-electron chi connectivity index (χ0n) is 9.74. The van der Waals surface area contributed by atoms with Gasteiger partial charge in [-0.15, -0.1) is 0 Å². The van der Waals surface area contributed by atoms with Crippen LogP contribution < -0.4 is 5.32 Å². The van der Waals surface area contributed by atoms with E-state index in [1.54, 1.807) is 16.8 Å². The molecule has 2 rings (SSSR count). The zero-order valence-corrected chi connectivity index (χ0v) is 9.74. The molecular formula is C11H19N3O2. The molecule has 0 aliphatic carbocycles. The van der Waals surface area contributed by atoms with Crippen molar-refractivity contribution in [3.8, 4) is 0 Å². The molecule has 2 aliphatic heterocycles. The molecule has 2 amide bonds. The van der Waals surface area contributed by atoms with Crippen molar-refractivity contribution in [3.05, 3.63) is 0 Å². The first-order valence-electron chi connectivity index (χ1n) is 5.94. The van der Waals surface area contributed by atoms with Crippen LogP contribution in [0.2, 0.25) is 0 Å². The number of nitrogens with zero attached hydrogens (tertiary/aromatic N) is 2. The van der Waals surface area contributed by atoms with Gasteiger partial charge in [0.2, 0.25) is 11.8 Å². The third-order valence-corrected chi connectivity index (χ3v) is 3.38. The van der Waals surface area contributed by atoms with Gasteiger partial charge >= 0.3 is 0 Å². The Morgan fingerprint density at radius 2 is 2.19 bits per heavy atom. The van der Waals surface area contributed by atoms with Gasteiger partial charge in [0.1, 0.15) is 0 Å². The maximum Gasteiger partial charge on any atom is 0.241 e. The molecule has 0 unspecified atom stereocenters. The van der Waals surface area contributed by atoms with E-state index in [1.165, 1.54) is 0 Å². The van der Waals surface area contributed by atoms with Crippen molar-refractivity contribution >= 4 is 11.8 Å². The van der Waals surface area contributed by atoms with E-state index in [2.05, 4.69) is 5.32 Å². The van der Waals surface area contributed by atoms with Crippen LogP contribution in [0.15, 0.2) is 0 Å². The average Bonchev–Trinajstić information content (AvgIpc) is 2.33. The monoisotopic (exact) mass is 225 g/mol. The van der Waals surface area contributed by atoms with Crippen LogP contribution >= 0.6 is 0 Å². The summed E-state index contributed by atoms with van der Waals surface area (Å²) in [5.41, 5.74) is 0. The number of hydrogen-bond donors (Lipinski definition) is 1. The molecule has 0 radical (unpaired) electrons. The minimum atomic E-state index is -0.0649. The largest absolute Gasteiger partial charge is 0.342 e. The molecule has 0 aromatic carbocycles. The Labute approximate surface area is 95.8 Å². The highest BCUT2D eigenvalue weighted by atomic mass is 16.2. The van der Waals surface area contributed by atoms with E-state index in [-0.39, 0.29) is 24.4 Å². The summed E-state index contributed by atoms with van der Waals surface area (Å²) in [7, 11) is 1.78. The molecule has 0 bridgehead atoms. The quantitative estimate of drug-likeness (QED) is 0.650. The molecule has 1 N–H and O–H groups in total. The van der Waals surface area contributed by atoms with Crippen molar-refractivity contribution in [2.45, 2.75) is 25.3 Å². The number of likely N-dealkylation sites (N-methyl/N-ethyl adjacent to an activating group) is 1. The van der Waals surface area contributed by atoms with Crippen molar-refractivity contribution in [1.82, 2.24) is 15.1 Å². The summed E-state index contributed by atoms with van der Waals surface area (Å²) < 4.78 is 0. The fourth-order valence-corrected chi connectivity index (χ4v) is 2.23. The average molecular weight is 225 g/mol. The standard InChI is InChI=1S/C11H19N3O2/c1-13-6-7-14(8-10(13)15)11(16)9-4-2-3-5-12-9/h9,12H,2-8H2,1H3/t9-/m1/s1. The second-order valence-corrected chi connectivity index (χ2v) is 4.58. The molecule has 0 saturated carbocycles. The molecule has 2 saturated heterocycles. The Morgan fingerprint density at radius 3 is 2.81 bits per heavy atom. The second-order valence-electron chi connectivity index (χ2n) is 4.58. The number of piperazine rings is 1. The first kappa shape index (κ1) is 11.4. The molecule has 2 heterocycles. The Balaban J connectivity index is 1.91. The molecule has 5 heteroatoms. The molecular weight excluding hydrogens is 206 g/mol. The lowest BCUT2D eigenvalue weighted by atomic mass is 10.0. The Bertz CT molecular complexity index is 287. The lowest BCUT2D eigenvalue weighted by Crippen LogP contribution is -2.56. The van der Waals surface area contributed by atoms with Crippen LogP contribution in [0.1, 0.15) is 19.3 Å². The number of nitrogens with one attached hydrogen (secondary N) is 1. The topological polar surface area (TPSA) is 52.6 Å². The molecule has 0 spiro atoms. The summed E-state index contributed by atoms with van der Waals surface area (Å²) in [6.45, 7) is 2.47. The SMILES string of the molecule is CN1CCN(C(=O)[C@H]2CCCCN2)CC1=O. The Hall–Kier alpha value is -1.10. The molecule has 0 aromatic heterocycles. The van der Waals surface area contributed by atoms with Crippen molar-refractivity contribution < 1.29 is 9.59 Å². The first-order valence-corrected chi connectivity index (χ1v) is 5.94. The lowest BCUT2D eigenvalue weighted by molar-refractivity contribution is -0.145. The highest BCUT2D eigenvalue weighted by molar-refractivity contribution is 5.88. The van der Waals surface area contributed by atoms with E-state index in [0.29, 0.717) is 13.1 Å². The van der Waals surface area contributed by atoms with Gasteiger partial charge in [0.25, 0.3) is 0 Å². The molecule has 0 aromatic rings. The van der Waals surface area contributed by atoms with E-state index in [1.807, 2.05) is 0 Å². The minimum Gasteiger partial charge on any atom is -0.342 e. The molecule has 1 atom stereocenters. The molecule has 2 aliphatic rings. The number of hydrogen-bond acceptors (Lipinski definition) is 3. The van der Waals surface area contributed by atoms with E-state index in [4.69, 9.17) is 0 Å². The maximum absolute atomic E-state index is 12.1. The molecule has 90 valence electrons. The van der Waals surface area contributed by atoms with E-state index in [0.717, 1.165) is 25.8 Å². The van der Waals surface area contributed by atoms with E-state index < -0.39 is 0 Å². The number of carbonyl (C=O) groups is 2. The molecule has 2 fully saturated rings. The molecule has 5 nitrogen and oxygen atoms in total. The number of piperidine rings is 1. The minimum absolute atomic E-state index is 0.0374. The zero-order chi connectivity index (χ0) is 11.5. The fraction of sp³-hybridized carbons (Fsp3) is 0.818. The van der Waals surface area contributed by atoms with Gasteiger partial charge in [-0.25, -0.2) is 0 Å². The smallest absolute Gasteiger partial charge is 0.241 e. The third kappa shape index (κ3) is 2.35. The van der Waals surface area contributed by atoms with E-state index >= 15 is 0 Å². The Morgan fingerprint density at radius 1 is 1.38 bits per heavy atom. The van der Waals surface area contributed by atoms with Gasteiger partial charge in [0.15, 0.2) is 0 Å². The van der Waals surface area contributed by atoms with Crippen LogP contribution in [0.3, 0.4) is 0 Å². The lowest BCUT2D eigenvalue weighted by Gasteiger charge is -2.35. The summed E-state index contributed by atoms with van der Waals surface area (Å²) in [4.78, 5) is 27.0. The summed E-state index contributed by atoms with van der Waals surface area (Å²) >= 11 is 0. The van der Waals surface area contributed by atoms with Gasteiger partial charge < -0.3 is 15.1 Å². The summed E-state index contributed by atoms with van der Waals surface area (Å²) in [5, 5.41) is 3.23. The van der Waals surface area contributed by atoms with Gasteiger partial charge in [-0.05, 0) is 19.4 Å². The third-order valence-electron chi connectivity index (χ3n) is 3.38. The number of amides is 2. The van der Waals surface area contributed by atoms with Crippen molar-refractivity contribution in [3.63, 3.8) is 0 Å². The van der Waals surface area contributed by atoms with Gasteiger partial charge in [-0.2, -0.15) is 0 Å². The predicted molar refractivity (Wildman–Crippen MR) is 59.9 cm³/mol. The first-order chi connectivity index (χ1) is 7.68. The van der Waals surface area contributed by atoms with Crippen LogP contribution in [-0.2, 0) is 9.59 Å². The van der Waals surface area contributed by atoms with Crippen molar-refractivity contribution in [1.29, 1.82) is 0 Å². The van der Waals surface area contributed by atoms with Crippen LogP contribution in [0.4, 0.5) is 0 Å². The Kier molecular flexibility index (Phi) is 3.43. The van der Waals surface area contributed by atoms with Crippen molar-refractivity contribution in [2.24, 2.45) is 0 Å². The summed E-state index contributed by atoms with van der Waals surface area (Å²) in [5.74, 6) is 0.136. The highest BCUT2D eigenvalue weighted by Gasteiger charge is 2.30. The van der Waals surface area contributed by atoms with Gasteiger partial charge in [0, 0.05) is 20.1 Å². The summed E-state index contributed by atoms with van der Waals surface area (Å²) in [6, 6.07) is -0.0649. The van der Waals surface area contributed by atoms with E-state index in [9.17, 15) is 9.59 Å². The maximum atomic E-state index is 12.1. The fourth-order valence-electron chi connectivity index (χ4n) is 2.23. The van der Waals surface area contributed by atoms with Gasteiger partial charge in [-0.3, -0.25) is 9.59 Å². The van der Waals surface area contributed by atoms with Gasteiger partial charge in [-0.1, -0.05) is 6.42 Å². The van der Waals surface area contributed by atoms with Crippen molar-refractivity contribution in [2.75, 3.05) is 33.2 Å². The molecule has 16 heavy (non-hydrogen) atoms. The van der Waals surface area contributed by atoms with Crippen LogP contribution in [-0.4, -0.2) is 60.9 Å². The van der Waals surface area contributed by atoms with Crippen LogP contribution in [0.5, 0.6) is 0 Å². The van der Waals surface area contributed by atoms with Crippen LogP contribution in [0, 0.1) is 0 Å². The predicted octanol–water partition coefficient (Wildman–Crippen LogP) is -0.571. The summed E-state index contributed by atoms with van der Waals surface area (Å²) in [6.07, 6.45) is 3.15. The van der Waals surface area contributed by atoms with Crippen LogP contribution in [0.25, 0.3) is 0 Å². The normalized spacial score (nSPS) is 27.1. The number of rotatable bonds is 1. The number of carbonyl (C=O) groups excluding carboxylic acids is 2. The highest BCUT2D eigenvalue weighted by Crippen LogP contribution is 2.11. The second kappa shape index (κ2) is 4.82.